The molecule has 1 fully saturated rings. The van der Waals surface area contributed by atoms with Crippen LogP contribution < -0.4 is 10.5 Å². The van der Waals surface area contributed by atoms with Gasteiger partial charge in [-0.1, -0.05) is 30.3 Å². The van der Waals surface area contributed by atoms with Gasteiger partial charge < -0.3 is 19.9 Å². The molecule has 0 aliphatic carbocycles. The van der Waals surface area contributed by atoms with E-state index in [4.69, 9.17) is 19.9 Å². The summed E-state index contributed by atoms with van der Waals surface area (Å²) in [5, 5.41) is 0. The molecule has 0 unspecified atom stereocenters. The van der Waals surface area contributed by atoms with E-state index < -0.39 is 18.0 Å². The van der Waals surface area contributed by atoms with Gasteiger partial charge in [-0.25, -0.2) is 4.79 Å². The van der Waals surface area contributed by atoms with Crippen LogP contribution in [0, 0.1) is 0 Å². The molecule has 2 aromatic carbocycles. The van der Waals surface area contributed by atoms with Gasteiger partial charge in [0.25, 0.3) is 5.91 Å². The van der Waals surface area contributed by atoms with Crippen molar-refractivity contribution in [1.82, 2.24) is 0 Å². The first-order chi connectivity index (χ1) is 12.6. The predicted octanol–water partition coefficient (Wildman–Crippen LogP) is 2.63. The number of ether oxygens (including phenoxy) is 3. The van der Waals surface area contributed by atoms with Gasteiger partial charge in [0.15, 0.2) is 0 Å². The van der Waals surface area contributed by atoms with Gasteiger partial charge in [0.05, 0.1) is 11.7 Å². The summed E-state index contributed by atoms with van der Waals surface area (Å²) in [6.45, 7) is 1.27. The average Bonchev–Trinajstić information content (AvgIpc) is 3.19. The molecular formula is C20H21NO5. The molecule has 1 amide bonds. The van der Waals surface area contributed by atoms with Crippen LogP contribution in [0.3, 0.4) is 0 Å². The third-order valence-corrected chi connectivity index (χ3v) is 4.14. The van der Waals surface area contributed by atoms with Gasteiger partial charge in [0.2, 0.25) is 6.10 Å². The number of benzene rings is 2. The Kier molecular flexibility index (Phi) is 5.86. The van der Waals surface area contributed by atoms with Crippen molar-refractivity contribution in [2.24, 2.45) is 5.73 Å². The van der Waals surface area contributed by atoms with E-state index in [-0.39, 0.29) is 6.10 Å². The van der Waals surface area contributed by atoms with Crippen molar-refractivity contribution in [2.45, 2.75) is 25.0 Å². The zero-order valence-electron chi connectivity index (χ0n) is 14.3. The Bertz CT molecular complexity index is 739. The van der Waals surface area contributed by atoms with Crippen LogP contribution in [-0.4, -0.2) is 31.2 Å². The van der Waals surface area contributed by atoms with Crippen molar-refractivity contribution in [3.8, 4) is 5.75 Å². The number of hydrogen-bond donors (Lipinski definition) is 1. The summed E-state index contributed by atoms with van der Waals surface area (Å²) in [4.78, 5) is 24.0. The van der Waals surface area contributed by atoms with Crippen LogP contribution in [0.4, 0.5) is 0 Å². The van der Waals surface area contributed by atoms with E-state index in [0.29, 0.717) is 23.5 Å². The van der Waals surface area contributed by atoms with Crippen molar-refractivity contribution < 1.29 is 23.8 Å². The maximum absolute atomic E-state index is 12.3. The summed E-state index contributed by atoms with van der Waals surface area (Å²) in [6, 6.07) is 15.2. The molecule has 0 saturated carbocycles. The van der Waals surface area contributed by atoms with Crippen LogP contribution in [0.1, 0.15) is 34.9 Å². The maximum atomic E-state index is 12.3. The lowest BCUT2D eigenvalue weighted by Crippen LogP contribution is -2.26. The largest absolute Gasteiger partial charge is 0.491 e. The van der Waals surface area contributed by atoms with Crippen LogP contribution in [0.5, 0.6) is 5.75 Å². The van der Waals surface area contributed by atoms with Crippen molar-refractivity contribution in [2.75, 3.05) is 13.2 Å². The topological polar surface area (TPSA) is 87.9 Å². The summed E-state index contributed by atoms with van der Waals surface area (Å²) in [7, 11) is 0. The lowest BCUT2D eigenvalue weighted by atomic mass is 10.1. The van der Waals surface area contributed by atoms with Gasteiger partial charge in [-0.15, -0.1) is 0 Å². The molecule has 1 aliphatic rings. The maximum Gasteiger partial charge on any atom is 0.339 e. The monoisotopic (exact) mass is 355 g/mol. The Morgan fingerprint density at radius 3 is 2.46 bits per heavy atom. The van der Waals surface area contributed by atoms with Crippen molar-refractivity contribution in [3.05, 3.63) is 65.7 Å². The summed E-state index contributed by atoms with van der Waals surface area (Å²) < 4.78 is 16.5. The van der Waals surface area contributed by atoms with Gasteiger partial charge in [0.1, 0.15) is 12.4 Å². The fraction of sp³-hybridized carbons (Fsp3) is 0.300. The highest BCUT2D eigenvalue weighted by atomic mass is 16.5. The smallest absolute Gasteiger partial charge is 0.339 e. The standard InChI is InChI=1S/C20H21NO5/c21-19(22)18(14-5-2-1-3-6-14)26-20(23)15-8-10-16(11-9-15)25-13-17-7-4-12-24-17/h1-3,5-6,8-11,17-18H,4,7,12-13H2,(H2,21,22)/t17-,18-/m0/s1. The highest BCUT2D eigenvalue weighted by molar-refractivity contribution is 5.92. The first kappa shape index (κ1) is 17.9. The van der Waals surface area contributed by atoms with Crippen molar-refractivity contribution in [1.29, 1.82) is 0 Å². The summed E-state index contributed by atoms with van der Waals surface area (Å²) in [5.74, 6) is -0.698. The molecule has 2 aromatic rings. The quantitative estimate of drug-likeness (QED) is 0.772. The second-order valence-corrected chi connectivity index (χ2v) is 6.07. The molecular weight excluding hydrogens is 334 g/mol. The van der Waals surface area contributed by atoms with Gasteiger partial charge in [-0.3, -0.25) is 4.79 Å². The minimum absolute atomic E-state index is 0.127. The first-order valence-electron chi connectivity index (χ1n) is 8.53. The lowest BCUT2D eigenvalue weighted by Gasteiger charge is -2.15. The number of carbonyl (C=O) groups is 2. The predicted molar refractivity (Wildman–Crippen MR) is 94.7 cm³/mol. The van der Waals surface area contributed by atoms with Gasteiger partial charge in [0, 0.05) is 12.2 Å². The Labute approximate surface area is 151 Å². The Morgan fingerprint density at radius 1 is 1.12 bits per heavy atom. The Hall–Kier alpha value is -2.86. The normalized spacial score (nSPS) is 17.5. The number of amides is 1. The number of esters is 1. The van der Waals surface area contributed by atoms with Crippen LogP contribution in [0.15, 0.2) is 54.6 Å². The van der Waals surface area contributed by atoms with Crippen LogP contribution >= 0.6 is 0 Å². The number of nitrogens with two attached hydrogens (primary N) is 1. The highest BCUT2D eigenvalue weighted by Crippen LogP contribution is 2.21. The number of hydrogen-bond acceptors (Lipinski definition) is 5. The fourth-order valence-corrected chi connectivity index (χ4v) is 2.75. The zero-order chi connectivity index (χ0) is 18.4. The third-order valence-electron chi connectivity index (χ3n) is 4.14. The molecule has 2 atom stereocenters. The molecule has 2 N–H and O–H groups in total. The molecule has 1 saturated heterocycles. The molecule has 0 bridgehead atoms. The first-order valence-corrected chi connectivity index (χ1v) is 8.53. The van der Waals surface area contributed by atoms with E-state index in [9.17, 15) is 9.59 Å². The van der Waals surface area contributed by atoms with E-state index >= 15 is 0 Å². The molecule has 26 heavy (non-hydrogen) atoms. The van der Waals surface area contributed by atoms with Gasteiger partial charge >= 0.3 is 5.97 Å². The number of carbonyl (C=O) groups excluding carboxylic acids is 2. The van der Waals surface area contributed by atoms with Crippen LogP contribution in [-0.2, 0) is 14.3 Å². The van der Waals surface area contributed by atoms with E-state index in [1.54, 1.807) is 54.6 Å². The second kappa shape index (κ2) is 8.49. The third kappa shape index (κ3) is 4.61. The molecule has 0 radical (unpaired) electrons. The molecule has 1 heterocycles. The molecule has 6 nitrogen and oxygen atoms in total. The molecule has 1 aliphatic heterocycles. The van der Waals surface area contributed by atoms with Gasteiger partial charge in [-0.2, -0.15) is 0 Å². The van der Waals surface area contributed by atoms with Gasteiger partial charge in [-0.05, 0) is 37.1 Å². The summed E-state index contributed by atoms with van der Waals surface area (Å²) >= 11 is 0. The molecule has 6 heteroatoms. The van der Waals surface area contributed by atoms with Crippen molar-refractivity contribution >= 4 is 11.9 Å². The van der Waals surface area contributed by atoms with E-state index in [1.807, 2.05) is 0 Å². The number of rotatable bonds is 7. The molecule has 0 aromatic heterocycles. The average molecular weight is 355 g/mol. The van der Waals surface area contributed by atoms with E-state index in [1.165, 1.54) is 0 Å². The minimum atomic E-state index is -1.13. The summed E-state index contributed by atoms with van der Waals surface area (Å²) in [6.07, 6.45) is 1.06. The van der Waals surface area contributed by atoms with E-state index in [0.717, 1.165) is 19.4 Å². The van der Waals surface area contributed by atoms with Crippen LogP contribution in [0.25, 0.3) is 0 Å². The van der Waals surface area contributed by atoms with Crippen LogP contribution in [0.2, 0.25) is 0 Å². The SMILES string of the molecule is NC(=O)[C@@H](OC(=O)c1ccc(OC[C@@H]2CCCO2)cc1)c1ccccc1. The fourth-order valence-electron chi connectivity index (χ4n) is 2.75. The Balaban J connectivity index is 1.60. The molecule has 136 valence electrons. The second-order valence-electron chi connectivity index (χ2n) is 6.07. The Morgan fingerprint density at radius 2 is 1.85 bits per heavy atom. The summed E-state index contributed by atoms with van der Waals surface area (Å²) in [5.41, 5.74) is 6.22. The minimum Gasteiger partial charge on any atom is -0.491 e. The zero-order valence-corrected chi connectivity index (χ0v) is 14.3. The molecule has 3 rings (SSSR count). The molecule has 0 spiro atoms. The van der Waals surface area contributed by atoms with E-state index in [2.05, 4.69) is 0 Å². The highest BCUT2D eigenvalue weighted by Gasteiger charge is 2.23. The van der Waals surface area contributed by atoms with Crippen molar-refractivity contribution in [3.63, 3.8) is 0 Å². The number of primary amides is 1. The lowest BCUT2D eigenvalue weighted by molar-refractivity contribution is -0.127.